The summed E-state index contributed by atoms with van der Waals surface area (Å²) >= 11 is 3.33. The van der Waals surface area contributed by atoms with Gasteiger partial charge in [0.05, 0.1) is 6.10 Å². The highest BCUT2D eigenvalue weighted by molar-refractivity contribution is 9.10. The van der Waals surface area contributed by atoms with Crippen molar-refractivity contribution >= 4 is 15.9 Å². The van der Waals surface area contributed by atoms with E-state index >= 15 is 0 Å². The number of likely N-dealkylation sites (tertiary alicyclic amines) is 1. The summed E-state index contributed by atoms with van der Waals surface area (Å²) in [6.45, 7) is 3.13. The highest BCUT2D eigenvalue weighted by atomic mass is 79.9. The van der Waals surface area contributed by atoms with E-state index in [2.05, 4.69) is 31.9 Å². The van der Waals surface area contributed by atoms with Gasteiger partial charge in [0, 0.05) is 32.9 Å². The van der Waals surface area contributed by atoms with Crippen molar-refractivity contribution in [2.24, 2.45) is 0 Å². The van der Waals surface area contributed by atoms with Gasteiger partial charge in [0.25, 0.3) is 0 Å². The number of hydrogen-bond acceptors (Lipinski definition) is 3. The van der Waals surface area contributed by atoms with E-state index in [4.69, 9.17) is 4.74 Å². The molecule has 0 aromatic carbocycles. The molecule has 0 bridgehead atoms. The number of nitrogens with zero attached hydrogens (tertiary/aromatic N) is 2. The number of pyridine rings is 1. The normalized spacial score (nSPS) is 22.1. The maximum Gasteiger partial charge on any atom is 0.106 e. The van der Waals surface area contributed by atoms with Crippen molar-refractivity contribution in [2.45, 2.75) is 19.1 Å². The number of rotatable bonds is 3. The largest absolute Gasteiger partial charge is 0.380 e. The second-order valence-corrected chi connectivity index (χ2v) is 4.68. The van der Waals surface area contributed by atoms with Gasteiger partial charge in [0.1, 0.15) is 4.60 Å². The third kappa shape index (κ3) is 3.00. The Bertz CT molecular complexity index is 315. The lowest BCUT2D eigenvalue weighted by Crippen LogP contribution is -2.22. The minimum absolute atomic E-state index is 0.411. The fraction of sp³-hybridized carbons (Fsp3) is 0.545. The number of hydrogen-bond donors (Lipinski definition) is 0. The molecule has 0 saturated carbocycles. The van der Waals surface area contributed by atoms with Gasteiger partial charge in [0.15, 0.2) is 0 Å². The molecule has 3 nitrogen and oxygen atoms in total. The first-order valence-electron chi connectivity index (χ1n) is 5.13. The van der Waals surface area contributed by atoms with E-state index in [0.29, 0.717) is 6.10 Å². The summed E-state index contributed by atoms with van der Waals surface area (Å²) in [6.07, 6.45) is 3.47. The van der Waals surface area contributed by atoms with Gasteiger partial charge < -0.3 is 4.74 Å². The number of ether oxygens (including phenoxy) is 1. The van der Waals surface area contributed by atoms with Crippen LogP contribution in [0.2, 0.25) is 0 Å². The average molecular weight is 271 g/mol. The van der Waals surface area contributed by atoms with Crippen LogP contribution in [0.3, 0.4) is 0 Å². The molecule has 1 aromatic rings. The molecule has 4 heteroatoms. The van der Waals surface area contributed by atoms with Crippen LogP contribution >= 0.6 is 15.9 Å². The van der Waals surface area contributed by atoms with Crippen LogP contribution < -0.4 is 0 Å². The van der Waals surface area contributed by atoms with Crippen LogP contribution in [0.4, 0.5) is 0 Å². The molecule has 0 unspecified atom stereocenters. The molecule has 0 amide bonds. The summed E-state index contributed by atoms with van der Waals surface area (Å²) in [5.74, 6) is 0. The molecule has 1 saturated heterocycles. The highest BCUT2D eigenvalue weighted by Gasteiger charge is 2.21. The van der Waals surface area contributed by atoms with Gasteiger partial charge in [-0.1, -0.05) is 6.07 Å². The number of aromatic nitrogens is 1. The molecule has 0 N–H and O–H groups in total. The fourth-order valence-electron chi connectivity index (χ4n) is 1.89. The zero-order valence-electron chi connectivity index (χ0n) is 8.82. The van der Waals surface area contributed by atoms with Gasteiger partial charge in [-0.25, -0.2) is 4.98 Å². The number of halogens is 1. The molecule has 0 spiro atoms. The Balaban J connectivity index is 1.90. The predicted molar refractivity (Wildman–Crippen MR) is 62.6 cm³/mol. The lowest BCUT2D eigenvalue weighted by molar-refractivity contribution is 0.107. The molecule has 2 heterocycles. The van der Waals surface area contributed by atoms with Gasteiger partial charge in [-0.15, -0.1) is 0 Å². The van der Waals surface area contributed by atoms with Crippen LogP contribution in [0.15, 0.2) is 22.9 Å². The SMILES string of the molecule is CO[C@H]1CCN(Cc2ccc(Br)nc2)C1. The van der Waals surface area contributed by atoms with Gasteiger partial charge in [-0.3, -0.25) is 4.90 Å². The topological polar surface area (TPSA) is 25.4 Å². The Morgan fingerprint density at radius 2 is 2.47 bits per heavy atom. The smallest absolute Gasteiger partial charge is 0.106 e. The van der Waals surface area contributed by atoms with Crippen molar-refractivity contribution < 1.29 is 4.74 Å². The fourth-order valence-corrected chi connectivity index (χ4v) is 2.13. The van der Waals surface area contributed by atoms with E-state index in [-0.39, 0.29) is 0 Å². The molecule has 1 fully saturated rings. The van der Waals surface area contributed by atoms with Gasteiger partial charge >= 0.3 is 0 Å². The van der Waals surface area contributed by atoms with Crippen LogP contribution in [-0.2, 0) is 11.3 Å². The molecule has 1 aromatic heterocycles. The first-order chi connectivity index (χ1) is 7.28. The van der Waals surface area contributed by atoms with E-state index in [1.54, 1.807) is 7.11 Å². The Morgan fingerprint density at radius 1 is 1.60 bits per heavy atom. The van der Waals surface area contributed by atoms with Gasteiger partial charge in [-0.05, 0) is 34.0 Å². The monoisotopic (exact) mass is 270 g/mol. The second kappa shape index (κ2) is 5.05. The maximum atomic E-state index is 5.33. The van der Waals surface area contributed by atoms with E-state index in [1.807, 2.05) is 12.3 Å². The average Bonchev–Trinajstić information content (AvgIpc) is 2.69. The van der Waals surface area contributed by atoms with Crippen LogP contribution in [0.25, 0.3) is 0 Å². The summed E-state index contributed by atoms with van der Waals surface area (Å²) in [5, 5.41) is 0. The van der Waals surface area contributed by atoms with Crippen molar-refractivity contribution in [1.82, 2.24) is 9.88 Å². The van der Waals surface area contributed by atoms with Gasteiger partial charge in [0.2, 0.25) is 0 Å². The Labute approximate surface area is 98.6 Å². The third-order valence-corrected chi connectivity index (χ3v) is 3.23. The van der Waals surface area contributed by atoms with Crippen molar-refractivity contribution in [3.8, 4) is 0 Å². The molecular weight excluding hydrogens is 256 g/mol. The Morgan fingerprint density at radius 3 is 3.07 bits per heavy atom. The van der Waals surface area contributed by atoms with E-state index in [0.717, 1.165) is 30.7 Å². The lowest BCUT2D eigenvalue weighted by atomic mass is 10.3. The molecule has 0 aliphatic carbocycles. The minimum atomic E-state index is 0.411. The van der Waals surface area contributed by atoms with Crippen LogP contribution in [-0.4, -0.2) is 36.2 Å². The van der Waals surface area contributed by atoms with Crippen molar-refractivity contribution in [1.29, 1.82) is 0 Å². The predicted octanol–water partition coefficient (Wildman–Crippen LogP) is 2.06. The molecule has 15 heavy (non-hydrogen) atoms. The van der Waals surface area contributed by atoms with Crippen LogP contribution in [0.5, 0.6) is 0 Å². The quantitative estimate of drug-likeness (QED) is 0.787. The maximum absolute atomic E-state index is 5.33. The molecule has 2 rings (SSSR count). The van der Waals surface area contributed by atoms with E-state index < -0.39 is 0 Å². The number of methoxy groups -OCH3 is 1. The molecule has 82 valence electrons. The second-order valence-electron chi connectivity index (χ2n) is 3.87. The molecule has 1 atom stereocenters. The van der Waals surface area contributed by atoms with Crippen molar-refractivity contribution in [3.05, 3.63) is 28.5 Å². The van der Waals surface area contributed by atoms with Crippen LogP contribution in [0, 0.1) is 0 Å². The Hall–Kier alpha value is -0.450. The minimum Gasteiger partial charge on any atom is -0.380 e. The van der Waals surface area contributed by atoms with Crippen molar-refractivity contribution in [2.75, 3.05) is 20.2 Å². The first-order valence-corrected chi connectivity index (χ1v) is 5.93. The highest BCUT2D eigenvalue weighted by Crippen LogP contribution is 2.15. The zero-order chi connectivity index (χ0) is 10.7. The third-order valence-electron chi connectivity index (χ3n) is 2.76. The molecule has 0 radical (unpaired) electrons. The lowest BCUT2D eigenvalue weighted by Gasteiger charge is -2.15. The molecule has 1 aliphatic heterocycles. The van der Waals surface area contributed by atoms with E-state index in [9.17, 15) is 0 Å². The summed E-state index contributed by atoms with van der Waals surface area (Å²) in [6, 6.07) is 4.09. The molecular formula is C11H15BrN2O. The summed E-state index contributed by atoms with van der Waals surface area (Å²) in [7, 11) is 1.79. The zero-order valence-corrected chi connectivity index (χ0v) is 10.4. The summed E-state index contributed by atoms with van der Waals surface area (Å²) in [5.41, 5.74) is 1.26. The Kier molecular flexibility index (Phi) is 3.72. The van der Waals surface area contributed by atoms with Gasteiger partial charge in [-0.2, -0.15) is 0 Å². The summed E-state index contributed by atoms with van der Waals surface area (Å²) in [4.78, 5) is 6.62. The standard InChI is InChI=1S/C11H15BrN2O/c1-15-10-4-5-14(8-10)7-9-2-3-11(12)13-6-9/h2-3,6,10H,4-5,7-8H2,1H3/t10-/m0/s1. The first kappa shape index (κ1) is 11.0. The summed E-state index contributed by atoms with van der Waals surface area (Å²) < 4.78 is 6.22. The van der Waals surface area contributed by atoms with Crippen LogP contribution in [0.1, 0.15) is 12.0 Å². The van der Waals surface area contributed by atoms with E-state index in [1.165, 1.54) is 5.56 Å². The molecule has 1 aliphatic rings. The van der Waals surface area contributed by atoms with Crippen molar-refractivity contribution in [3.63, 3.8) is 0 Å².